The smallest absolute Gasteiger partial charge is 0.328 e. The van der Waals surface area contributed by atoms with Gasteiger partial charge in [-0.05, 0) is 57.3 Å². The Morgan fingerprint density at radius 1 is 1.16 bits per heavy atom. The van der Waals surface area contributed by atoms with Gasteiger partial charge in [0.25, 0.3) is 10.0 Å². The summed E-state index contributed by atoms with van der Waals surface area (Å²) in [5, 5.41) is 2.73. The van der Waals surface area contributed by atoms with E-state index in [1.165, 1.54) is 25.0 Å². The molecule has 1 atom stereocenters. The van der Waals surface area contributed by atoms with Crippen LogP contribution in [-0.2, 0) is 10.0 Å². The van der Waals surface area contributed by atoms with Gasteiger partial charge in [0.15, 0.2) is 0 Å². The first-order valence-electron chi connectivity index (χ1n) is 8.89. The molecular weight excluding hydrogens is 338 g/mol. The van der Waals surface area contributed by atoms with Gasteiger partial charge < -0.3 is 5.32 Å². The lowest BCUT2D eigenvalue weighted by Gasteiger charge is -2.29. The molecule has 0 bridgehead atoms. The molecule has 7 heteroatoms. The van der Waals surface area contributed by atoms with E-state index in [4.69, 9.17) is 0 Å². The van der Waals surface area contributed by atoms with E-state index >= 15 is 0 Å². The summed E-state index contributed by atoms with van der Waals surface area (Å²) in [6, 6.07) is 5.98. The Balaban J connectivity index is 1.92. The average molecular weight is 368 g/mol. The Morgan fingerprint density at radius 3 is 2.32 bits per heavy atom. The molecule has 140 valence electrons. The Hall–Kier alpha value is -1.60. The molecule has 1 aliphatic rings. The molecule has 0 spiro atoms. The molecule has 1 saturated heterocycles. The normalized spacial score (nSPS) is 16.8. The number of rotatable bonds is 7. The average Bonchev–Trinajstić information content (AvgIpc) is 3.05. The third-order valence-electron chi connectivity index (χ3n) is 4.46. The fourth-order valence-corrected chi connectivity index (χ4v) is 4.09. The van der Waals surface area contributed by atoms with Crippen LogP contribution in [0.4, 0.5) is 4.79 Å². The maximum Gasteiger partial charge on any atom is 0.328 e. The quantitative estimate of drug-likeness (QED) is 0.776. The molecule has 0 aliphatic carbocycles. The van der Waals surface area contributed by atoms with Crippen molar-refractivity contribution in [2.24, 2.45) is 5.92 Å². The SMILES string of the molecule is Cc1ccc(S(=O)(=O)NC(=O)NCC(CC(C)C)N2CCCC2)cc1. The first-order chi connectivity index (χ1) is 11.8. The number of amides is 2. The molecule has 1 aromatic carbocycles. The Morgan fingerprint density at radius 2 is 1.76 bits per heavy atom. The van der Waals surface area contributed by atoms with Crippen molar-refractivity contribution in [2.45, 2.75) is 51.0 Å². The maximum absolute atomic E-state index is 12.3. The van der Waals surface area contributed by atoms with Crippen molar-refractivity contribution in [3.8, 4) is 0 Å². The summed E-state index contributed by atoms with van der Waals surface area (Å²) in [6.07, 6.45) is 3.34. The monoisotopic (exact) mass is 367 g/mol. The third-order valence-corrected chi connectivity index (χ3v) is 5.80. The number of nitrogens with zero attached hydrogens (tertiary/aromatic N) is 1. The van der Waals surface area contributed by atoms with Gasteiger partial charge in [-0.2, -0.15) is 0 Å². The molecule has 0 saturated carbocycles. The van der Waals surface area contributed by atoms with Crippen molar-refractivity contribution in [3.63, 3.8) is 0 Å². The fourth-order valence-electron chi connectivity index (χ4n) is 3.16. The van der Waals surface area contributed by atoms with E-state index in [2.05, 4.69) is 28.8 Å². The van der Waals surface area contributed by atoms with Crippen LogP contribution < -0.4 is 10.0 Å². The summed E-state index contributed by atoms with van der Waals surface area (Å²) >= 11 is 0. The molecule has 1 aromatic rings. The summed E-state index contributed by atoms with van der Waals surface area (Å²) in [4.78, 5) is 14.6. The van der Waals surface area contributed by atoms with Gasteiger partial charge >= 0.3 is 6.03 Å². The van der Waals surface area contributed by atoms with E-state index in [0.717, 1.165) is 25.1 Å². The van der Waals surface area contributed by atoms with Crippen LogP contribution in [0, 0.1) is 12.8 Å². The lowest BCUT2D eigenvalue weighted by molar-refractivity contribution is 0.202. The van der Waals surface area contributed by atoms with E-state index in [1.807, 2.05) is 6.92 Å². The van der Waals surface area contributed by atoms with Crippen molar-refractivity contribution in [1.82, 2.24) is 14.9 Å². The van der Waals surface area contributed by atoms with Crippen molar-refractivity contribution in [2.75, 3.05) is 19.6 Å². The minimum atomic E-state index is -3.84. The molecule has 25 heavy (non-hydrogen) atoms. The highest BCUT2D eigenvalue weighted by atomic mass is 32.2. The third kappa shape index (κ3) is 6.01. The van der Waals surface area contributed by atoms with Gasteiger partial charge in [0, 0.05) is 12.6 Å². The summed E-state index contributed by atoms with van der Waals surface area (Å²) in [6.45, 7) is 8.73. The standard InChI is InChI=1S/C18H29N3O3S/c1-14(2)12-16(21-10-4-5-11-21)13-19-18(22)20-25(23,24)17-8-6-15(3)7-9-17/h6-9,14,16H,4-5,10-13H2,1-3H3,(H2,19,20,22). The molecule has 6 nitrogen and oxygen atoms in total. The fraction of sp³-hybridized carbons (Fsp3) is 0.611. The van der Waals surface area contributed by atoms with Gasteiger partial charge in [0.05, 0.1) is 4.90 Å². The van der Waals surface area contributed by atoms with Crippen LogP contribution in [0.2, 0.25) is 0 Å². The van der Waals surface area contributed by atoms with Crippen molar-refractivity contribution in [3.05, 3.63) is 29.8 Å². The highest BCUT2D eigenvalue weighted by Gasteiger charge is 2.24. The minimum Gasteiger partial charge on any atom is -0.336 e. The number of hydrogen-bond acceptors (Lipinski definition) is 4. The number of urea groups is 1. The molecular formula is C18H29N3O3S. The van der Waals surface area contributed by atoms with Gasteiger partial charge in [-0.25, -0.2) is 17.9 Å². The molecule has 2 rings (SSSR count). The van der Waals surface area contributed by atoms with Crippen LogP contribution in [0.1, 0.15) is 38.7 Å². The second-order valence-corrected chi connectivity index (χ2v) is 8.84. The molecule has 1 aliphatic heterocycles. The van der Waals surface area contributed by atoms with Crippen LogP contribution in [0.5, 0.6) is 0 Å². The molecule has 1 unspecified atom stereocenters. The number of carbonyl (C=O) groups is 1. The molecule has 2 N–H and O–H groups in total. The second-order valence-electron chi connectivity index (χ2n) is 7.16. The maximum atomic E-state index is 12.3. The molecule has 1 fully saturated rings. The highest BCUT2D eigenvalue weighted by molar-refractivity contribution is 7.90. The van der Waals surface area contributed by atoms with Gasteiger partial charge in [-0.15, -0.1) is 0 Å². The molecule has 2 amide bonds. The lowest BCUT2D eigenvalue weighted by atomic mass is 10.0. The summed E-state index contributed by atoms with van der Waals surface area (Å²) < 4.78 is 26.6. The van der Waals surface area contributed by atoms with E-state index in [0.29, 0.717) is 12.5 Å². The van der Waals surface area contributed by atoms with Crippen LogP contribution in [0.3, 0.4) is 0 Å². The van der Waals surface area contributed by atoms with Crippen LogP contribution in [0.15, 0.2) is 29.2 Å². The topological polar surface area (TPSA) is 78.5 Å². The van der Waals surface area contributed by atoms with Crippen LogP contribution in [-0.4, -0.2) is 45.0 Å². The zero-order valence-corrected chi connectivity index (χ0v) is 16.1. The van der Waals surface area contributed by atoms with Gasteiger partial charge in [-0.3, -0.25) is 4.90 Å². The number of carbonyl (C=O) groups excluding carboxylic acids is 1. The zero-order valence-electron chi connectivity index (χ0n) is 15.3. The second kappa shape index (κ2) is 8.67. The number of sulfonamides is 1. The Labute approximate surface area is 151 Å². The van der Waals surface area contributed by atoms with Gasteiger partial charge in [0.2, 0.25) is 0 Å². The summed E-state index contributed by atoms with van der Waals surface area (Å²) in [5.41, 5.74) is 0.963. The van der Waals surface area contributed by atoms with Crippen molar-refractivity contribution in [1.29, 1.82) is 0 Å². The summed E-state index contributed by atoms with van der Waals surface area (Å²) in [5.74, 6) is 0.520. The first kappa shape index (κ1) is 19.7. The van der Waals surface area contributed by atoms with E-state index in [1.54, 1.807) is 12.1 Å². The molecule has 0 aromatic heterocycles. The van der Waals surface area contributed by atoms with Crippen molar-refractivity contribution < 1.29 is 13.2 Å². The number of aryl methyl sites for hydroxylation is 1. The van der Waals surface area contributed by atoms with E-state index in [-0.39, 0.29) is 10.9 Å². The summed E-state index contributed by atoms with van der Waals surface area (Å²) in [7, 11) is -3.84. The minimum absolute atomic E-state index is 0.0894. The Kier molecular flexibility index (Phi) is 6.84. The number of benzene rings is 1. The largest absolute Gasteiger partial charge is 0.336 e. The zero-order chi connectivity index (χ0) is 18.4. The van der Waals surface area contributed by atoms with Gasteiger partial charge in [0.1, 0.15) is 0 Å². The van der Waals surface area contributed by atoms with Gasteiger partial charge in [-0.1, -0.05) is 31.5 Å². The van der Waals surface area contributed by atoms with Crippen LogP contribution in [0.25, 0.3) is 0 Å². The molecule has 1 heterocycles. The predicted octanol–water partition coefficient (Wildman–Crippen LogP) is 2.49. The first-order valence-corrected chi connectivity index (χ1v) is 10.4. The van der Waals surface area contributed by atoms with Crippen LogP contribution >= 0.6 is 0 Å². The highest BCUT2D eigenvalue weighted by Crippen LogP contribution is 2.17. The van der Waals surface area contributed by atoms with Crippen molar-refractivity contribution >= 4 is 16.1 Å². The lowest BCUT2D eigenvalue weighted by Crippen LogP contribution is -2.47. The number of nitrogens with one attached hydrogen (secondary N) is 2. The number of hydrogen-bond donors (Lipinski definition) is 2. The van der Waals surface area contributed by atoms with E-state index < -0.39 is 16.1 Å². The predicted molar refractivity (Wildman–Crippen MR) is 98.9 cm³/mol. The number of likely N-dealkylation sites (tertiary alicyclic amines) is 1. The molecule has 0 radical (unpaired) electrons. The van der Waals surface area contributed by atoms with E-state index in [9.17, 15) is 13.2 Å². The Bertz CT molecular complexity index is 665.